The molecule has 0 fully saturated rings. The van der Waals surface area contributed by atoms with Gasteiger partial charge in [-0.2, -0.15) is 0 Å². The van der Waals surface area contributed by atoms with Crippen molar-refractivity contribution in [3.05, 3.63) is 28.5 Å². The molecule has 13 heavy (non-hydrogen) atoms. The molecule has 0 saturated carbocycles. The van der Waals surface area contributed by atoms with Crippen LogP contribution in [-0.2, 0) is 0 Å². The quantitative estimate of drug-likeness (QED) is 0.572. The van der Waals surface area contributed by atoms with Crippen LogP contribution in [0.4, 0.5) is 8.78 Å². The Morgan fingerprint density at radius 2 is 2.15 bits per heavy atom. The number of aromatic nitrogens is 1. The molecule has 1 aromatic heterocycles. The molecule has 0 radical (unpaired) electrons. The maximum absolute atomic E-state index is 12.1. The highest BCUT2D eigenvalue weighted by atomic mass is 35.5. The van der Waals surface area contributed by atoms with Crippen LogP contribution in [0.25, 0.3) is 0 Å². The van der Waals surface area contributed by atoms with Crippen LogP contribution in [-0.4, -0.2) is 10.2 Å². The van der Waals surface area contributed by atoms with E-state index in [1.165, 1.54) is 0 Å². The lowest BCUT2D eigenvalue weighted by Gasteiger charge is -2.01. The Morgan fingerprint density at radius 1 is 1.54 bits per heavy atom. The Kier molecular flexibility index (Phi) is 3.17. The van der Waals surface area contributed by atoms with Gasteiger partial charge in [-0.3, -0.25) is 4.79 Å². The normalized spacial score (nSPS) is 10.5. The minimum absolute atomic E-state index is 0.176. The number of carbonyl (C=O) groups is 1. The van der Waals surface area contributed by atoms with Gasteiger partial charge in [0, 0.05) is 11.8 Å². The van der Waals surface area contributed by atoms with Gasteiger partial charge in [0.1, 0.15) is 5.15 Å². The van der Waals surface area contributed by atoms with Gasteiger partial charge in [0.25, 0.3) is 11.7 Å². The molecule has 0 saturated heterocycles. The molecule has 1 heterocycles. The van der Waals surface area contributed by atoms with Crippen molar-refractivity contribution < 1.29 is 13.6 Å². The molecule has 0 atom stereocenters. The van der Waals surface area contributed by atoms with Gasteiger partial charge >= 0.3 is 0 Å². The minimum Gasteiger partial charge on any atom is -0.275 e. The first-order chi connectivity index (χ1) is 6.02. The van der Waals surface area contributed by atoms with Crippen LogP contribution in [0.5, 0.6) is 0 Å². The molecule has 0 aliphatic rings. The van der Waals surface area contributed by atoms with Crippen LogP contribution < -0.4 is 0 Å². The zero-order valence-electron chi connectivity index (χ0n) is 6.10. The van der Waals surface area contributed by atoms with E-state index in [0.29, 0.717) is 0 Å². The van der Waals surface area contributed by atoms with E-state index in [1.54, 1.807) is 0 Å². The highest BCUT2D eigenvalue weighted by Crippen LogP contribution is 2.23. The second kappa shape index (κ2) is 3.98. The molecule has 0 aliphatic heterocycles. The van der Waals surface area contributed by atoms with Crippen molar-refractivity contribution in [3.8, 4) is 0 Å². The lowest BCUT2D eigenvalue weighted by Crippen LogP contribution is -1.96. The average molecular weight is 226 g/mol. The SMILES string of the molecule is O=C(Cl)c1cc(C(F)F)cnc1Cl. The van der Waals surface area contributed by atoms with Gasteiger partial charge in [-0.1, -0.05) is 11.6 Å². The number of pyridine rings is 1. The third kappa shape index (κ3) is 2.35. The maximum Gasteiger partial charge on any atom is 0.265 e. The smallest absolute Gasteiger partial charge is 0.265 e. The van der Waals surface area contributed by atoms with Gasteiger partial charge in [-0.15, -0.1) is 0 Å². The minimum atomic E-state index is -2.69. The van der Waals surface area contributed by atoms with E-state index < -0.39 is 11.7 Å². The van der Waals surface area contributed by atoms with E-state index >= 15 is 0 Å². The highest BCUT2D eigenvalue weighted by Gasteiger charge is 2.14. The zero-order chi connectivity index (χ0) is 10.0. The molecule has 0 unspecified atom stereocenters. The van der Waals surface area contributed by atoms with Crippen molar-refractivity contribution >= 4 is 28.4 Å². The Bertz CT molecular complexity index is 343. The number of rotatable bonds is 2. The Hall–Kier alpha value is -0.740. The predicted octanol–water partition coefficient (Wildman–Crippen LogP) is 3.05. The number of hydrogen-bond donors (Lipinski definition) is 0. The first-order valence-electron chi connectivity index (χ1n) is 3.16. The summed E-state index contributed by atoms with van der Waals surface area (Å²) >= 11 is 10.5. The molecule has 0 aromatic carbocycles. The van der Waals surface area contributed by atoms with Gasteiger partial charge in [0.2, 0.25) is 0 Å². The summed E-state index contributed by atoms with van der Waals surface area (Å²) in [5.41, 5.74) is -0.588. The van der Waals surface area contributed by atoms with Crippen LogP contribution in [0.15, 0.2) is 12.3 Å². The molecule has 0 spiro atoms. The van der Waals surface area contributed by atoms with Crippen molar-refractivity contribution in [2.75, 3.05) is 0 Å². The predicted molar refractivity (Wildman–Crippen MR) is 44.4 cm³/mol. The standard InChI is InChI=1S/C7H3Cl2F2NO/c8-5-4(6(9)13)1-3(2-12-5)7(10)11/h1-2,7H. The van der Waals surface area contributed by atoms with E-state index in [2.05, 4.69) is 4.98 Å². The number of nitrogens with zero attached hydrogens (tertiary/aromatic N) is 1. The van der Waals surface area contributed by atoms with Gasteiger partial charge in [-0.05, 0) is 17.7 Å². The van der Waals surface area contributed by atoms with Crippen LogP contribution in [0.2, 0.25) is 5.15 Å². The van der Waals surface area contributed by atoms with Crippen LogP contribution in [0, 0.1) is 0 Å². The van der Waals surface area contributed by atoms with Gasteiger partial charge < -0.3 is 0 Å². The Morgan fingerprint density at radius 3 is 2.62 bits per heavy atom. The monoisotopic (exact) mass is 225 g/mol. The largest absolute Gasteiger partial charge is 0.275 e. The fraction of sp³-hybridized carbons (Fsp3) is 0.143. The highest BCUT2D eigenvalue weighted by molar-refractivity contribution is 6.68. The van der Waals surface area contributed by atoms with Gasteiger partial charge in [0.15, 0.2) is 0 Å². The first kappa shape index (κ1) is 10.3. The van der Waals surface area contributed by atoms with Crippen molar-refractivity contribution in [3.63, 3.8) is 0 Å². The summed E-state index contributed by atoms with van der Waals surface area (Å²) in [4.78, 5) is 14.0. The lowest BCUT2D eigenvalue weighted by atomic mass is 10.2. The molecule has 0 N–H and O–H groups in total. The van der Waals surface area contributed by atoms with E-state index in [9.17, 15) is 13.6 Å². The number of carbonyl (C=O) groups excluding carboxylic acids is 1. The number of hydrogen-bond acceptors (Lipinski definition) is 2. The van der Waals surface area contributed by atoms with E-state index in [4.69, 9.17) is 23.2 Å². The van der Waals surface area contributed by atoms with Crippen LogP contribution in [0.1, 0.15) is 22.3 Å². The fourth-order valence-corrected chi connectivity index (χ4v) is 1.10. The third-order valence-corrected chi connectivity index (χ3v) is 1.83. The summed E-state index contributed by atoms with van der Waals surface area (Å²) in [6.45, 7) is 0. The molecule has 6 heteroatoms. The summed E-state index contributed by atoms with van der Waals surface area (Å²) < 4.78 is 24.2. The topological polar surface area (TPSA) is 30.0 Å². The fourth-order valence-electron chi connectivity index (χ4n) is 0.721. The summed E-state index contributed by atoms with van der Waals surface area (Å²) in [6, 6.07) is 0.926. The molecule has 0 aliphatic carbocycles. The number of halogens is 4. The molecule has 1 aromatic rings. The zero-order valence-corrected chi connectivity index (χ0v) is 7.61. The third-order valence-electron chi connectivity index (χ3n) is 1.32. The summed E-state index contributed by atoms with van der Waals surface area (Å²) in [7, 11) is 0. The van der Waals surface area contributed by atoms with Crippen LogP contribution in [0.3, 0.4) is 0 Å². The molecular formula is C7H3Cl2F2NO. The Labute approximate surface area is 82.5 Å². The summed E-state index contributed by atoms with van der Waals surface area (Å²) in [5.74, 6) is 0. The van der Waals surface area contributed by atoms with Crippen molar-refractivity contribution in [2.45, 2.75) is 6.43 Å². The Balaban J connectivity index is 3.19. The van der Waals surface area contributed by atoms with Crippen molar-refractivity contribution in [1.82, 2.24) is 4.98 Å². The maximum atomic E-state index is 12.1. The van der Waals surface area contributed by atoms with Crippen molar-refractivity contribution in [1.29, 1.82) is 0 Å². The van der Waals surface area contributed by atoms with Crippen LogP contribution >= 0.6 is 23.2 Å². The molecule has 70 valence electrons. The number of alkyl halides is 2. The molecule has 0 bridgehead atoms. The second-order valence-electron chi connectivity index (χ2n) is 2.18. The molecule has 0 amide bonds. The van der Waals surface area contributed by atoms with Gasteiger partial charge in [0.05, 0.1) is 5.56 Å². The van der Waals surface area contributed by atoms with E-state index in [1.807, 2.05) is 0 Å². The second-order valence-corrected chi connectivity index (χ2v) is 2.88. The molecule has 2 nitrogen and oxygen atoms in total. The van der Waals surface area contributed by atoms with E-state index in [0.717, 1.165) is 12.3 Å². The average Bonchev–Trinajstić information content (AvgIpc) is 2.04. The molecule has 1 rings (SSSR count). The summed E-state index contributed by atoms with van der Waals surface area (Å²) in [5, 5.41) is -1.08. The van der Waals surface area contributed by atoms with E-state index in [-0.39, 0.29) is 16.3 Å². The molecular weight excluding hydrogens is 223 g/mol. The van der Waals surface area contributed by atoms with Crippen molar-refractivity contribution in [2.24, 2.45) is 0 Å². The summed E-state index contributed by atoms with van der Waals surface area (Å²) in [6.07, 6.45) is -1.80. The van der Waals surface area contributed by atoms with Gasteiger partial charge in [-0.25, -0.2) is 13.8 Å². The lowest BCUT2D eigenvalue weighted by molar-refractivity contribution is 0.108. The first-order valence-corrected chi connectivity index (χ1v) is 3.91.